The number of hydrogen-bond donors (Lipinski definition) is 1. The Morgan fingerprint density at radius 2 is 2.18 bits per heavy atom. The number of aromatic nitrogens is 3. The van der Waals surface area contributed by atoms with Gasteiger partial charge in [0, 0.05) is 19.2 Å². The third-order valence-electron chi connectivity index (χ3n) is 2.60. The van der Waals surface area contributed by atoms with Crippen LogP contribution < -0.4 is 5.32 Å². The quantitative estimate of drug-likeness (QED) is 0.854. The summed E-state index contributed by atoms with van der Waals surface area (Å²) in [6.45, 7) is 5.95. The molecular weight excluding hydrogens is 284 g/mol. The van der Waals surface area contributed by atoms with E-state index in [-0.39, 0.29) is 0 Å². The fraction of sp³-hybridized carbons (Fsp3) is 0.467. The molecule has 0 aliphatic rings. The topological polar surface area (TPSA) is 90.1 Å². The van der Waals surface area contributed by atoms with Crippen LogP contribution in [-0.2, 0) is 11.2 Å². The smallest absolute Gasteiger partial charge is 0.407 e. The second kappa shape index (κ2) is 7.02. The van der Waals surface area contributed by atoms with Crippen LogP contribution in [0.4, 0.5) is 4.79 Å². The van der Waals surface area contributed by atoms with Crippen molar-refractivity contribution in [1.82, 2.24) is 20.4 Å². The van der Waals surface area contributed by atoms with Crippen molar-refractivity contribution in [3.05, 3.63) is 30.3 Å². The van der Waals surface area contributed by atoms with Gasteiger partial charge in [-0.05, 0) is 39.3 Å². The van der Waals surface area contributed by atoms with Gasteiger partial charge in [-0.15, -0.1) is 0 Å². The molecule has 0 atom stereocenters. The summed E-state index contributed by atoms with van der Waals surface area (Å²) in [5, 5.41) is 6.57. The molecule has 0 unspecified atom stereocenters. The zero-order chi connectivity index (χ0) is 16.0. The van der Waals surface area contributed by atoms with Crippen LogP contribution in [0.25, 0.3) is 11.5 Å². The third-order valence-corrected chi connectivity index (χ3v) is 2.60. The molecule has 7 nitrogen and oxygen atoms in total. The molecule has 2 heterocycles. The molecule has 0 aromatic carbocycles. The van der Waals surface area contributed by atoms with Crippen molar-refractivity contribution in [2.75, 3.05) is 6.54 Å². The maximum Gasteiger partial charge on any atom is 0.407 e. The van der Waals surface area contributed by atoms with E-state index in [1.54, 1.807) is 6.20 Å². The molecule has 0 saturated carbocycles. The van der Waals surface area contributed by atoms with E-state index in [0.717, 1.165) is 0 Å². The van der Waals surface area contributed by atoms with Crippen LogP contribution in [0.15, 0.2) is 28.9 Å². The zero-order valence-electron chi connectivity index (χ0n) is 13.0. The van der Waals surface area contributed by atoms with Gasteiger partial charge in [0.25, 0.3) is 0 Å². The molecule has 118 valence electrons. The van der Waals surface area contributed by atoms with Gasteiger partial charge >= 0.3 is 6.09 Å². The van der Waals surface area contributed by atoms with Gasteiger partial charge < -0.3 is 14.6 Å². The molecule has 0 radical (unpaired) electrons. The van der Waals surface area contributed by atoms with Crippen LogP contribution in [0.5, 0.6) is 0 Å². The maximum atomic E-state index is 11.5. The number of nitrogens with one attached hydrogen (secondary N) is 1. The molecule has 1 amide bonds. The number of rotatable bonds is 5. The second-order valence-corrected chi connectivity index (χ2v) is 5.76. The molecule has 2 rings (SSSR count). The predicted octanol–water partition coefficient (Wildman–Crippen LogP) is 2.59. The van der Waals surface area contributed by atoms with Gasteiger partial charge in [-0.2, -0.15) is 4.98 Å². The first-order chi connectivity index (χ1) is 10.4. The lowest BCUT2D eigenvalue weighted by atomic mass is 10.2. The summed E-state index contributed by atoms with van der Waals surface area (Å²) >= 11 is 0. The molecular formula is C15H20N4O3. The minimum atomic E-state index is -0.492. The minimum Gasteiger partial charge on any atom is -0.444 e. The number of pyridine rings is 1. The van der Waals surface area contributed by atoms with Gasteiger partial charge in [0.1, 0.15) is 11.3 Å². The van der Waals surface area contributed by atoms with Gasteiger partial charge in [0.2, 0.25) is 11.7 Å². The van der Waals surface area contributed by atoms with E-state index >= 15 is 0 Å². The van der Waals surface area contributed by atoms with Crippen LogP contribution in [0.2, 0.25) is 0 Å². The molecule has 0 saturated heterocycles. The summed E-state index contributed by atoms with van der Waals surface area (Å²) in [6, 6.07) is 5.51. The van der Waals surface area contributed by atoms with E-state index in [1.807, 2.05) is 39.0 Å². The summed E-state index contributed by atoms with van der Waals surface area (Å²) in [7, 11) is 0. The number of amides is 1. The lowest BCUT2D eigenvalue weighted by Crippen LogP contribution is -2.33. The average Bonchev–Trinajstić information content (AvgIpc) is 2.91. The van der Waals surface area contributed by atoms with E-state index in [2.05, 4.69) is 20.4 Å². The predicted molar refractivity (Wildman–Crippen MR) is 80.1 cm³/mol. The molecule has 0 aliphatic heterocycles. The lowest BCUT2D eigenvalue weighted by Gasteiger charge is -2.19. The van der Waals surface area contributed by atoms with Gasteiger partial charge in [-0.3, -0.25) is 4.98 Å². The molecule has 0 bridgehead atoms. The van der Waals surface area contributed by atoms with Gasteiger partial charge in [-0.25, -0.2) is 4.79 Å². The fourth-order valence-electron chi connectivity index (χ4n) is 1.70. The van der Waals surface area contributed by atoms with E-state index in [1.165, 1.54) is 0 Å². The first kappa shape index (κ1) is 15.9. The lowest BCUT2D eigenvalue weighted by molar-refractivity contribution is 0.0527. The van der Waals surface area contributed by atoms with Crippen molar-refractivity contribution in [1.29, 1.82) is 0 Å². The fourth-order valence-corrected chi connectivity index (χ4v) is 1.70. The van der Waals surface area contributed by atoms with Crippen molar-refractivity contribution < 1.29 is 14.1 Å². The minimum absolute atomic E-state index is 0.424. The number of nitrogens with zero attached hydrogens (tertiary/aromatic N) is 3. The van der Waals surface area contributed by atoms with Crippen LogP contribution in [0, 0.1) is 0 Å². The monoisotopic (exact) mass is 304 g/mol. The Hall–Kier alpha value is -2.44. The average molecular weight is 304 g/mol. The Labute approximate surface area is 129 Å². The largest absolute Gasteiger partial charge is 0.444 e. The summed E-state index contributed by atoms with van der Waals surface area (Å²) < 4.78 is 10.3. The van der Waals surface area contributed by atoms with Gasteiger partial charge in [0.15, 0.2) is 0 Å². The number of carbonyl (C=O) groups excluding carboxylic acids is 1. The Morgan fingerprint density at radius 1 is 1.36 bits per heavy atom. The Morgan fingerprint density at radius 3 is 2.86 bits per heavy atom. The zero-order valence-corrected chi connectivity index (χ0v) is 13.0. The molecule has 2 aromatic heterocycles. The first-order valence-corrected chi connectivity index (χ1v) is 7.15. The highest BCUT2D eigenvalue weighted by Crippen LogP contribution is 2.12. The van der Waals surface area contributed by atoms with Crippen LogP contribution in [0.1, 0.15) is 33.1 Å². The van der Waals surface area contributed by atoms with Crippen molar-refractivity contribution in [3.8, 4) is 11.5 Å². The SMILES string of the molecule is CC(C)(C)OC(=O)NCCCc1nc(-c2ccccn2)no1. The van der Waals surface area contributed by atoms with E-state index in [0.29, 0.717) is 36.8 Å². The molecule has 22 heavy (non-hydrogen) atoms. The van der Waals surface area contributed by atoms with Crippen molar-refractivity contribution in [2.24, 2.45) is 0 Å². The molecule has 7 heteroatoms. The Balaban J connectivity index is 1.74. The molecule has 2 aromatic rings. The molecule has 0 aliphatic carbocycles. The van der Waals surface area contributed by atoms with Crippen molar-refractivity contribution in [2.45, 2.75) is 39.2 Å². The van der Waals surface area contributed by atoms with E-state index in [4.69, 9.17) is 9.26 Å². The number of alkyl carbamates (subject to hydrolysis) is 1. The Bertz CT molecular complexity index is 605. The molecule has 0 spiro atoms. The van der Waals surface area contributed by atoms with Gasteiger partial charge in [0.05, 0.1) is 0 Å². The molecule has 1 N–H and O–H groups in total. The van der Waals surface area contributed by atoms with Crippen LogP contribution >= 0.6 is 0 Å². The number of carbonyl (C=O) groups is 1. The highest BCUT2D eigenvalue weighted by atomic mass is 16.6. The van der Waals surface area contributed by atoms with Crippen LogP contribution in [-0.4, -0.2) is 33.4 Å². The van der Waals surface area contributed by atoms with Crippen molar-refractivity contribution in [3.63, 3.8) is 0 Å². The van der Waals surface area contributed by atoms with Crippen LogP contribution in [0.3, 0.4) is 0 Å². The number of hydrogen-bond acceptors (Lipinski definition) is 6. The Kier molecular flexibility index (Phi) is 5.08. The third kappa shape index (κ3) is 5.16. The summed E-state index contributed by atoms with van der Waals surface area (Å²) in [4.78, 5) is 19.9. The highest BCUT2D eigenvalue weighted by Gasteiger charge is 2.15. The second-order valence-electron chi connectivity index (χ2n) is 5.76. The summed E-state index contributed by atoms with van der Waals surface area (Å²) in [5.74, 6) is 0.988. The molecule has 0 fully saturated rings. The number of aryl methyl sites for hydroxylation is 1. The highest BCUT2D eigenvalue weighted by molar-refractivity contribution is 5.67. The van der Waals surface area contributed by atoms with Gasteiger partial charge in [-0.1, -0.05) is 11.2 Å². The number of ether oxygens (including phenoxy) is 1. The first-order valence-electron chi connectivity index (χ1n) is 7.15. The maximum absolute atomic E-state index is 11.5. The standard InChI is InChI=1S/C15H20N4O3/c1-15(2,3)21-14(20)17-10-6-8-12-18-13(19-22-12)11-7-4-5-9-16-11/h4-5,7,9H,6,8,10H2,1-3H3,(H,17,20). The van der Waals surface area contributed by atoms with E-state index in [9.17, 15) is 4.79 Å². The van der Waals surface area contributed by atoms with E-state index < -0.39 is 11.7 Å². The summed E-state index contributed by atoms with van der Waals surface area (Å²) in [6.07, 6.45) is 2.52. The summed E-state index contributed by atoms with van der Waals surface area (Å²) in [5.41, 5.74) is 0.179. The van der Waals surface area contributed by atoms with Crippen molar-refractivity contribution >= 4 is 6.09 Å². The normalized spacial score (nSPS) is 11.2.